The molecule has 17 heavy (non-hydrogen) atoms. The van der Waals surface area contributed by atoms with Crippen molar-refractivity contribution in [1.82, 2.24) is 9.97 Å². The van der Waals surface area contributed by atoms with Gasteiger partial charge >= 0.3 is 0 Å². The first kappa shape index (κ1) is 11.5. The molecule has 0 aliphatic heterocycles. The predicted molar refractivity (Wildman–Crippen MR) is 67.5 cm³/mol. The van der Waals surface area contributed by atoms with E-state index in [1.807, 2.05) is 37.3 Å². The SMILES string of the molecule is CCC(N)c1nc(-c2ccccc2)cc(=O)[nH]1. The van der Waals surface area contributed by atoms with E-state index in [4.69, 9.17) is 5.73 Å². The van der Waals surface area contributed by atoms with Gasteiger partial charge < -0.3 is 10.7 Å². The van der Waals surface area contributed by atoms with Crippen LogP contribution in [0.2, 0.25) is 0 Å². The first-order valence-electron chi connectivity index (χ1n) is 5.63. The highest BCUT2D eigenvalue weighted by atomic mass is 16.1. The van der Waals surface area contributed by atoms with E-state index in [0.29, 0.717) is 11.5 Å². The van der Waals surface area contributed by atoms with E-state index in [-0.39, 0.29) is 11.6 Å². The summed E-state index contributed by atoms with van der Waals surface area (Å²) in [6, 6.07) is 10.9. The molecule has 0 saturated carbocycles. The quantitative estimate of drug-likeness (QED) is 0.843. The van der Waals surface area contributed by atoms with Gasteiger partial charge in [0, 0.05) is 11.6 Å². The highest BCUT2D eigenvalue weighted by Crippen LogP contribution is 2.16. The Balaban J connectivity index is 2.49. The lowest BCUT2D eigenvalue weighted by molar-refractivity contribution is 0.646. The average Bonchev–Trinajstić information content (AvgIpc) is 2.38. The molecule has 1 aromatic carbocycles. The Bertz CT molecular complexity index is 548. The first-order valence-corrected chi connectivity index (χ1v) is 5.63. The number of aromatic nitrogens is 2. The van der Waals surface area contributed by atoms with Crippen molar-refractivity contribution in [2.24, 2.45) is 5.73 Å². The van der Waals surface area contributed by atoms with Crippen LogP contribution in [0.4, 0.5) is 0 Å². The maximum atomic E-state index is 11.6. The first-order chi connectivity index (χ1) is 8.20. The highest BCUT2D eigenvalue weighted by Gasteiger charge is 2.08. The number of hydrogen-bond donors (Lipinski definition) is 2. The van der Waals surface area contributed by atoms with Gasteiger partial charge in [-0.1, -0.05) is 37.3 Å². The van der Waals surface area contributed by atoms with Gasteiger partial charge in [-0.25, -0.2) is 4.98 Å². The van der Waals surface area contributed by atoms with Crippen molar-refractivity contribution in [3.63, 3.8) is 0 Å². The van der Waals surface area contributed by atoms with E-state index in [9.17, 15) is 4.79 Å². The number of nitrogens with one attached hydrogen (secondary N) is 1. The largest absolute Gasteiger partial charge is 0.321 e. The molecule has 1 atom stereocenters. The molecule has 0 spiro atoms. The Kier molecular flexibility index (Phi) is 3.35. The summed E-state index contributed by atoms with van der Waals surface area (Å²) in [5, 5.41) is 0. The molecule has 0 saturated heterocycles. The van der Waals surface area contributed by atoms with Crippen LogP contribution in [0.1, 0.15) is 25.2 Å². The molecule has 0 fully saturated rings. The van der Waals surface area contributed by atoms with Gasteiger partial charge in [0.25, 0.3) is 5.56 Å². The van der Waals surface area contributed by atoms with Gasteiger partial charge in [-0.2, -0.15) is 0 Å². The monoisotopic (exact) mass is 229 g/mol. The Labute approximate surface area is 99.5 Å². The zero-order valence-electron chi connectivity index (χ0n) is 9.68. The molecule has 2 aromatic rings. The van der Waals surface area contributed by atoms with E-state index in [2.05, 4.69) is 9.97 Å². The second kappa shape index (κ2) is 4.93. The van der Waals surface area contributed by atoms with Crippen LogP contribution in [0, 0.1) is 0 Å². The lowest BCUT2D eigenvalue weighted by atomic mass is 10.1. The summed E-state index contributed by atoms with van der Waals surface area (Å²) in [4.78, 5) is 18.6. The van der Waals surface area contributed by atoms with Crippen molar-refractivity contribution in [3.8, 4) is 11.3 Å². The van der Waals surface area contributed by atoms with Crippen LogP contribution in [0.3, 0.4) is 0 Å². The molecule has 0 radical (unpaired) electrons. The Morgan fingerprint density at radius 3 is 2.71 bits per heavy atom. The van der Waals surface area contributed by atoms with E-state index >= 15 is 0 Å². The number of benzene rings is 1. The fraction of sp³-hybridized carbons (Fsp3) is 0.231. The van der Waals surface area contributed by atoms with Gasteiger partial charge in [0.05, 0.1) is 11.7 Å². The fourth-order valence-electron chi connectivity index (χ4n) is 1.60. The van der Waals surface area contributed by atoms with Crippen LogP contribution in [-0.4, -0.2) is 9.97 Å². The molecule has 1 aromatic heterocycles. The molecule has 2 rings (SSSR count). The maximum Gasteiger partial charge on any atom is 0.251 e. The Morgan fingerprint density at radius 2 is 2.06 bits per heavy atom. The van der Waals surface area contributed by atoms with E-state index < -0.39 is 0 Å². The van der Waals surface area contributed by atoms with Crippen LogP contribution in [-0.2, 0) is 0 Å². The zero-order chi connectivity index (χ0) is 12.3. The van der Waals surface area contributed by atoms with Gasteiger partial charge in [0.15, 0.2) is 0 Å². The molecule has 1 heterocycles. The summed E-state index contributed by atoms with van der Waals surface area (Å²) >= 11 is 0. The molecule has 4 nitrogen and oxygen atoms in total. The fourth-order valence-corrected chi connectivity index (χ4v) is 1.60. The van der Waals surface area contributed by atoms with Crippen molar-refractivity contribution in [2.45, 2.75) is 19.4 Å². The molecule has 0 aliphatic rings. The number of rotatable bonds is 3. The summed E-state index contributed by atoms with van der Waals surface area (Å²) in [6.45, 7) is 1.96. The third-order valence-electron chi connectivity index (χ3n) is 2.62. The summed E-state index contributed by atoms with van der Waals surface area (Å²) < 4.78 is 0. The summed E-state index contributed by atoms with van der Waals surface area (Å²) in [6.07, 6.45) is 0.737. The van der Waals surface area contributed by atoms with Crippen LogP contribution in [0.5, 0.6) is 0 Å². The molecule has 88 valence electrons. The van der Waals surface area contributed by atoms with Crippen molar-refractivity contribution >= 4 is 0 Å². The number of aromatic amines is 1. The van der Waals surface area contributed by atoms with Gasteiger partial charge in [-0.3, -0.25) is 4.79 Å². The molecule has 0 bridgehead atoms. The number of H-pyrrole nitrogens is 1. The van der Waals surface area contributed by atoms with E-state index in [1.165, 1.54) is 6.07 Å². The zero-order valence-corrected chi connectivity index (χ0v) is 9.68. The molecular formula is C13H15N3O. The molecule has 3 N–H and O–H groups in total. The minimum atomic E-state index is -0.230. The van der Waals surface area contributed by atoms with Gasteiger partial charge in [0.1, 0.15) is 5.82 Å². The van der Waals surface area contributed by atoms with Gasteiger partial charge in [0.2, 0.25) is 0 Å². The number of nitrogens with zero attached hydrogens (tertiary/aromatic N) is 1. The van der Waals surface area contributed by atoms with E-state index in [0.717, 1.165) is 12.0 Å². The normalized spacial score (nSPS) is 12.4. The predicted octanol–water partition coefficient (Wildman–Crippen LogP) is 1.85. The van der Waals surface area contributed by atoms with Crippen molar-refractivity contribution in [3.05, 3.63) is 52.6 Å². The van der Waals surface area contributed by atoms with Crippen LogP contribution in [0.25, 0.3) is 11.3 Å². The highest BCUT2D eigenvalue weighted by molar-refractivity contribution is 5.58. The standard InChI is InChI=1S/C13H15N3O/c1-2-10(14)13-15-11(8-12(17)16-13)9-6-4-3-5-7-9/h3-8,10H,2,14H2,1H3,(H,15,16,17). The van der Waals surface area contributed by atoms with Crippen LogP contribution < -0.4 is 11.3 Å². The summed E-state index contributed by atoms with van der Waals surface area (Å²) in [7, 11) is 0. The Morgan fingerprint density at radius 1 is 1.35 bits per heavy atom. The minimum Gasteiger partial charge on any atom is -0.321 e. The minimum absolute atomic E-state index is 0.169. The third kappa shape index (κ3) is 2.60. The van der Waals surface area contributed by atoms with Crippen LogP contribution in [0.15, 0.2) is 41.2 Å². The molecule has 1 unspecified atom stereocenters. The maximum absolute atomic E-state index is 11.6. The van der Waals surface area contributed by atoms with Crippen molar-refractivity contribution in [2.75, 3.05) is 0 Å². The lowest BCUT2D eigenvalue weighted by Gasteiger charge is -2.09. The second-order valence-corrected chi connectivity index (χ2v) is 3.90. The topological polar surface area (TPSA) is 71.8 Å². The summed E-state index contributed by atoms with van der Waals surface area (Å²) in [5.74, 6) is 0.541. The number of nitrogens with two attached hydrogens (primary N) is 1. The molecule has 0 amide bonds. The molecular weight excluding hydrogens is 214 g/mol. The molecule has 0 aliphatic carbocycles. The second-order valence-electron chi connectivity index (χ2n) is 3.90. The van der Waals surface area contributed by atoms with Crippen molar-refractivity contribution < 1.29 is 0 Å². The number of hydrogen-bond acceptors (Lipinski definition) is 3. The third-order valence-corrected chi connectivity index (χ3v) is 2.62. The smallest absolute Gasteiger partial charge is 0.251 e. The Hall–Kier alpha value is -1.94. The summed E-state index contributed by atoms with van der Waals surface area (Å²) in [5.41, 5.74) is 7.29. The lowest BCUT2D eigenvalue weighted by Crippen LogP contribution is -2.19. The molecule has 4 heteroatoms. The van der Waals surface area contributed by atoms with Crippen LogP contribution >= 0.6 is 0 Å². The average molecular weight is 229 g/mol. The van der Waals surface area contributed by atoms with Gasteiger partial charge in [-0.05, 0) is 6.42 Å². The van der Waals surface area contributed by atoms with Crippen molar-refractivity contribution in [1.29, 1.82) is 0 Å². The van der Waals surface area contributed by atoms with Gasteiger partial charge in [-0.15, -0.1) is 0 Å². The van der Waals surface area contributed by atoms with E-state index in [1.54, 1.807) is 0 Å².